The average Bonchev–Trinajstić information content (AvgIpc) is 2.44. The maximum Gasteiger partial charge on any atom is 0.119 e. The Morgan fingerprint density at radius 2 is 2.37 bits per heavy atom. The molecule has 0 saturated carbocycles. The molecule has 0 aliphatic heterocycles. The smallest absolute Gasteiger partial charge is 0.119 e. The van der Waals surface area contributed by atoms with Crippen LogP contribution in [0.4, 0.5) is 0 Å². The molecule has 1 aromatic rings. The van der Waals surface area contributed by atoms with Crippen LogP contribution in [-0.4, -0.2) is 13.2 Å². The Morgan fingerprint density at radius 1 is 1.47 bits per heavy atom. The third kappa shape index (κ3) is 3.75. The Labute approximate surface area is 116 Å². The SMILES string of the molecule is C#CCCCOc1ccc2c(c1)C(NCC)CCC2. The number of hydrogen-bond donors (Lipinski definition) is 1. The number of benzene rings is 1. The molecule has 0 amide bonds. The number of ether oxygens (including phenoxy) is 1. The van der Waals surface area contributed by atoms with Gasteiger partial charge in [-0.25, -0.2) is 0 Å². The summed E-state index contributed by atoms with van der Waals surface area (Å²) in [5.41, 5.74) is 2.88. The molecule has 19 heavy (non-hydrogen) atoms. The lowest BCUT2D eigenvalue weighted by Crippen LogP contribution is -2.24. The van der Waals surface area contributed by atoms with Gasteiger partial charge in [-0.3, -0.25) is 0 Å². The van der Waals surface area contributed by atoms with E-state index in [0.717, 1.165) is 25.1 Å². The topological polar surface area (TPSA) is 21.3 Å². The number of unbranched alkanes of at least 4 members (excludes halogenated alkanes) is 1. The quantitative estimate of drug-likeness (QED) is 0.622. The van der Waals surface area contributed by atoms with Crippen LogP contribution in [0.25, 0.3) is 0 Å². The lowest BCUT2D eigenvalue weighted by atomic mass is 9.87. The van der Waals surface area contributed by atoms with E-state index in [4.69, 9.17) is 11.2 Å². The molecule has 0 saturated heterocycles. The van der Waals surface area contributed by atoms with E-state index in [1.165, 1.54) is 30.4 Å². The van der Waals surface area contributed by atoms with Crippen molar-refractivity contribution in [2.75, 3.05) is 13.2 Å². The van der Waals surface area contributed by atoms with Gasteiger partial charge in [0.25, 0.3) is 0 Å². The zero-order valence-corrected chi connectivity index (χ0v) is 11.7. The first kappa shape index (κ1) is 14.0. The summed E-state index contributed by atoms with van der Waals surface area (Å²) in [6.45, 7) is 3.88. The first-order valence-electron chi connectivity index (χ1n) is 7.27. The summed E-state index contributed by atoms with van der Waals surface area (Å²) in [4.78, 5) is 0. The minimum atomic E-state index is 0.489. The van der Waals surface area contributed by atoms with E-state index >= 15 is 0 Å². The third-order valence-corrected chi connectivity index (χ3v) is 3.62. The van der Waals surface area contributed by atoms with Gasteiger partial charge in [0.2, 0.25) is 0 Å². The number of fused-ring (bicyclic) bond motifs is 1. The summed E-state index contributed by atoms with van der Waals surface area (Å²) in [6, 6.07) is 7.00. The summed E-state index contributed by atoms with van der Waals surface area (Å²) in [6.07, 6.45) is 10.6. The van der Waals surface area contributed by atoms with Crippen LogP contribution < -0.4 is 10.1 Å². The lowest BCUT2D eigenvalue weighted by Gasteiger charge is -2.26. The Bertz CT molecular complexity index is 447. The Kier molecular flexibility index (Phi) is 5.30. The van der Waals surface area contributed by atoms with Crippen LogP contribution in [0.15, 0.2) is 18.2 Å². The number of hydrogen-bond acceptors (Lipinski definition) is 2. The molecule has 2 heteroatoms. The number of aryl methyl sites for hydroxylation is 1. The van der Waals surface area contributed by atoms with Crippen LogP contribution in [0.5, 0.6) is 5.75 Å². The highest BCUT2D eigenvalue weighted by molar-refractivity contribution is 5.39. The molecule has 1 aliphatic carbocycles. The second-order valence-electron chi connectivity index (χ2n) is 5.02. The van der Waals surface area contributed by atoms with Crippen molar-refractivity contribution in [2.45, 2.75) is 45.1 Å². The van der Waals surface area contributed by atoms with Crippen LogP contribution in [0, 0.1) is 12.3 Å². The molecular formula is C17H23NO. The van der Waals surface area contributed by atoms with Crippen LogP contribution in [-0.2, 0) is 6.42 Å². The van der Waals surface area contributed by atoms with Gasteiger partial charge in [-0.05, 0) is 55.5 Å². The average molecular weight is 257 g/mol. The van der Waals surface area contributed by atoms with Crippen molar-refractivity contribution in [2.24, 2.45) is 0 Å². The fourth-order valence-electron chi connectivity index (χ4n) is 2.69. The Hall–Kier alpha value is -1.46. The van der Waals surface area contributed by atoms with Gasteiger partial charge in [0.15, 0.2) is 0 Å². The molecule has 1 atom stereocenters. The summed E-state index contributed by atoms with van der Waals surface area (Å²) in [7, 11) is 0. The lowest BCUT2D eigenvalue weighted by molar-refractivity contribution is 0.311. The largest absolute Gasteiger partial charge is 0.494 e. The standard InChI is InChI=1S/C17H23NO/c1-3-5-6-12-19-15-11-10-14-8-7-9-17(18-4-2)16(14)13-15/h1,10-11,13,17-18H,4-9,12H2,2H3. The van der Waals surface area contributed by atoms with Gasteiger partial charge in [0.1, 0.15) is 5.75 Å². The zero-order chi connectivity index (χ0) is 13.5. The molecule has 1 unspecified atom stereocenters. The van der Waals surface area contributed by atoms with E-state index in [9.17, 15) is 0 Å². The molecule has 1 N–H and O–H groups in total. The monoisotopic (exact) mass is 257 g/mol. The van der Waals surface area contributed by atoms with Crippen LogP contribution in [0.1, 0.15) is 49.8 Å². The van der Waals surface area contributed by atoms with Gasteiger partial charge in [-0.2, -0.15) is 0 Å². The highest BCUT2D eigenvalue weighted by atomic mass is 16.5. The van der Waals surface area contributed by atoms with E-state index < -0.39 is 0 Å². The molecule has 0 heterocycles. The van der Waals surface area contributed by atoms with E-state index in [2.05, 4.69) is 36.4 Å². The number of rotatable bonds is 6. The summed E-state index contributed by atoms with van der Waals surface area (Å²) in [5.74, 6) is 3.61. The first-order chi connectivity index (χ1) is 9.35. The molecule has 0 aromatic heterocycles. The van der Waals surface area contributed by atoms with Crippen LogP contribution in [0.3, 0.4) is 0 Å². The van der Waals surface area contributed by atoms with Gasteiger partial charge in [0.05, 0.1) is 6.61 Å². The fourth-order valence-corrected chi connectivity index (χ4v) is 2.69. The Morgan fingerprint density at radius 3 is 3.16 bits per heavy atom. The van der Waals surface area contributed by atoms with Crippen LogP contribution >= 0.6 is 0 Å². The fraction of sp³-hybridized carbons (Fsp3) is 0.529. The maximum atomic E-state index is 5.78. The second kappa shape index (κ2) is 7.21. The highest BCUT2D eigenvalue weighted by Gasteiger charge is 2.19. The summed E-state index contributed by atoms with van der Waals surface area (Å²) in [5, 5.41) is 3.56. The molecule has 2 rings (SSSR count). The van der Waals surface area contributed by atoms with Gasteiger partial charge < -0.3 is 10.1 Å². The van der Waals surface area contributed by atoms with Gasteiger partial charge in [-0.15, -0.1) is 12.3 Å². The molecular weight excluding hydrogens is 234 g/mol. The first-order valence-corrected chi connectivity index (χ1v) is 7.27. The normalized spacial score (nSPS) is 17.6. The van der Waals surface area contributed by atoms with Gasteiger partial charge in [0, 0.05) is 12.5 Å². The van der Waals surface area contributed by atoms with E-state index in [1.54, 1.807) is 0 Å². The van der Waals surface area contributed by atoms with Crippen molar-refractivity contribution in [3.05, 3.63) is 29.3 Å². The maximum absolute atomic E-state index is 5.78. The van der Waals surface area contributed by atoms with Crippen molar-refractivity contribution in [1.29, 1.82) is 0 Å². The predicted octanol–water partition coefficient (Wildman–Crippen LogP) is 3.47. The van der Waals surface area contributed by atoms with E-state index in [0.29, 0.717) is 12.6 Å². The molecule has 1 aromatic carbocycles. The minimum absolute atomic E-state index is 0.489. The molecule has 102 valence electrons. The van der Waals surface area contributed by atoms with Gasteiger partial charge in [-0.1, -0.05) is 13.0 Å². The zero-order valence-electron chi connectivity index (χ0n) is 11.7. The highest BCUT2D eigenvalue weighted by Crippen LogP contribution is 2.32. The predicted molar refractivity (Wildman–Crippen MR) is 79.4 cm³/mol. The van der Waals surface area contributed by atoms with Crippen molar-refractivity contribution in [3.63, 3.8) is 0 Å². The second-order valence-corrected chi connectivity index (χ2v) is 5.02. The Balaban J connectivity index is 2.03. The minimum Gasteiger partial charge on any atom is -0.494 e. The summed E-state index contributed by atoms with van der Waals surface area (Å²) < 4.78 is 5.78. The molecule has 2 nitrogen and oxygen atoms in total. The molecule has 0 spiro atoms. The molecule has 0 bridgehead atoms. The van der Waals surface area contributed by atoms with E-state index in [-0.39, 0.29) is 0 Å². The third-order valence-electron chi connectivity index (χ3n) is 3.62. The molecule has 1 aliphatic rings. The molecule has 0 radical (unpaired) electrons. The van der Waals surface area contributed by atoms with Gasteiger partial charge >= 0.3 is 0 Å². The van der Waals surface area contributed by atoms with E-state index in [1.807, 2.05) is 0 Å². The van der Waals surface area contributed by atoms with Crippen molar-refractivity contribution in [3.8, 4) is 18.1 Å². The summed E-state index contributed by atoms with van der Waals surface area (Å²) >= 11 is 0. The van der Waals surface area contributed by atoms with Crippen LogP contribution in [0.2, 0.25) is 0 Å². The number of terminal acetylenes is 1. The van der Waals surface area contributed by atoms with Crippen molar-refractivity contribution >= 4 is 0 Å². The molecule has 0 fully saturated rings. The van der Waals surface area contributed by atoms with Crippen molar-refractivity contribution in [1.82, 2.24) is 5.32 Å². The number of nitrogens with one attached hydrogen (secondary N) is 1. The van der Waals surface area contributed by atoms with Crippen molar-refractivity contribution < 1.29 is 4.74 Å².